The predicted molar refractivity (Wildman–Crippen MR) is 106 cm³/mol. The summed E-state index contributed by atoms with van der Waals surface area (Å²) in [6.07, 6.45) is 0. The Morgan fingerprint density at radius 3 is 2.38 bits per heavy atom. The largest absolute Gasteiger partial charge is 0.454 e. The number of aryl methyl sites for hydroxylation is 1. The molecule has 158 valence electrons. The maximum absolute atomic E-state index is 12.3. The predicted octanol–water partition coefficient (Wildman–Crippen LogP) is 2.13. The third-order valence-corrected chi connectivity index (χ3v) is 5.46. The molecular formula is C19H25N3O6S. The molecule has 2 rings (SSSR count). The molecule has 10 heteroatoms. The van der Waals surface area contributed by atoms with Crippen molar-refractivity contribution >= 4 is 27.8 Å². The first kappa shape index (κ1) is 22.6. The van der Waals surface area contributed by atoms with Gasteiger partial charge in [-0.3, -0.25) is 14.9 Å². The van der Waals surface area contributed by atoms with E-state index in [0.29, 0.717) is 5.69 Å². The third-order valence-electron chi connectivity index (χ3n) is 3.90. The van der Waals surface area contributed by atoms with Crippen molar-refractivity contribution in [2.75, 3.05) is 11.9 Å². The highest BCUT2D eigenvalue weighted by molar-refractivity contribution is 7.89. The van der Waals surface area contributed by atoms with Crippen LogP contribution >= 0.6 is 0 Å². The summed E-state index contributed by atoms with van der Waals surface area (Å²) in [5.41, 5.74) is 1.32. The van der Waals surface area contributed by atoms with E-state index in [4.69, 9.17) is 9.26 Å². The first-order chi connectivity index (χ1) is 13.4. The Labute approximate surface area is 169 Å². The maximum Gasteiger partial charge on any atom is 0.324 e. The lowest BCUT2D eigenvalue weighted by Crippen LogP contribution is -2.40. The van der Waals surface area contributed by atoms with Crippen molar-refractivity contribution in [3.8, 4) is 0 Å². The van der Waals surface area contributed by atoms with E-state index in [9.17, 15) is 18.0 Å². The Balaban J connectivity index is 1.87. The van der Waals surface area contributed by atoms with Gasteiger partial charge in [0.05, 0.1) is 10.6 Å². The van der Waals surface area contributed by atoms with Gasteiger partial charge in [0.1, 0.15) is 6.04 Å². The summed E-state index contributed by atoms with van der Waals surface area (Å²) in [5, 5.41) is 6.29. The average molecular weight is 423 g/mol. The van der Waals surface area contributed by atoms with Crippen LogP contribution in [0, 0.1) is 6.92 Å². The van der Waals surface area contributed by atoms with Crippen molar-refractivity contribution in [3.63, 3.8) is 0 Å². The molecule has 0 fully saturated rings. The van der Waals surface area contributed by atoms with Crippen molar-refractivity contribution in [2.45, 2.75) is 51.0 Å². The lowest BCUT2D eigenvalue weighted by atomic mass is 9.92. The van der Waals surface area contributed by atoms with Gasteiger partial charge >= 0.3 is 5.97 Å². The fourth-order valence-electron chi connectivity index (χ4n) is 2.19. The van der Waals surface area contributed by atoms with Gasteiger partial charge in [0, 0.05) is 11.5 Å². The number of hydrogen-bond acceptors (Lipinski definition) is 7. The molecule has 0 aliphatic carbocycles. The molecule has 0 saturated carbocycles. The lowest BCUT2D eigenvalue weighted by Gasteiger charge is -2.13. The Kier molecular flexibility index (Phi) is 6.81. The van der Waals surface area contributed by atoms with Gasteiger partial charge in [-0.25, -0.2) is 8.42 Å². The Morgan fingerprint density at radius 1 is 1.21 bits per heavy atom. The van der Waals surface area contributed by atoms with Crippen molar-refractivity contribution in [1.82, 2.24) is 9.88 Å². The zero-order valence-electron chi connectivity index (χ0n) is 17.0. The van der Waals surface area contributed by atoms with Gasteiger partial charge < -0.3 is 9.26 Å². The van der Waals surface area contributed by atoms with Crippen LogP contribution in [0.4, 0.5) is 5.88 Å². The number of hydrogen-bond donors (Lipinski definition) is 2. The smallest absolute Gasteiger partial charge is 0.324 e. The summed E-state index contributed by atoms with van der Waals surface area (Å²) in [5.74, 6) is -1.39. The molecule has 0 radical (unpaired) electrons. The number of ether oxygens (including phenoxy) is 1. The Bertz CT molecular complexity index is 974. The molecule has 0 unspecified atom stereocenters. The summed E-state index contributed by atoms with van der Waals surface area (Å²) in [4.78, 5) is 24.0. The minimum atomic E-state index is -3.89. The van der Waals surface area contributed by atoms with Crippen molar-refractivity contribution in [2.24, 2.45) is 0 Å². The molecule has 1 atom stereocenters. The molecule has 1 aromatic heterocycles. The topological polar surface area (TPSA) is 128 Å². The first-order valence-electron chi connectivity index (χ1n) is 8.91. The van der Waals surface area contributed by atoms with Gasteiger partial charge in [0.15, 0.2) is 6.61 Å². The van der Waals surface area contributed by atoms with Crippen LogP contribution in [-0.4, -0.2) is 38.1 Å². The van der Waals surface area contributed by atoms with Crippen LogP contribution in [0.25, 0.3) is 0 Å². The maximum atomic E-state index is 12.3. The quantitative estimate of drug-likeness (QED) is 0.653. The van der Waals surface area contributed by atoms with Crippen LogP contribution in [0.15, 0.2) is 39.8 Å². The lowest BCUT2D eigenvalue weighted by molar-refractivity contribution is -0.148. The molecule has 0 aliphatic rings. The van der Waals surface area contributed by atoms with E-state index in [1.54, 1.807) is 18.2 Å². The number of benzene rings is 1. The number of rotatable bonds is 7. The standard InChI is InChI=1S/C19H25N3O6S/c1-12-6-8-14(9-7-12)29(25,26)22-13(2)18(24)27-11-16(23)20-17-10-15(21-28-17)19(3,4)5/h6-10,13,22H,11H2,1-5H3,(H,20,23)/t13-/m0/s1. The molecule has 2 N–H and O–H groups in total. The third kappa shape index (κ3) is 6.40. The number of nitrogens with zero attached hydrogens (tertiary/aromatic N) is 1. The Morgan fingerprint density at radius 2 is 1.83 bits per heavy atom. The summed E-state index contributed by atoms with van der Waals surface area (Å²) < 4.78 is 36.7. The summed E-state index contributed by atoms with van der Waals surface area (Å²) in [7, 11) is -3.89. The van der Waals surface area contributed by atoms with Crippen molar-refractivity contribution in [1.29, 1.82) is 0 Å². The highest BCUT2D eigenvalue weighted by atomic mass is 32.2. The second-order valence-corrected chi connectivity index (χ2v) is 9.35. The number of anilines is 1. The van der Waals surface area contributed by atoms with E-state index in [2.05, 4.69) is 15.2 Å². The molecule has 1 amide bonds. The molecule has 9 nitrogen and oxygen atoms in total. The minimum Gasteiger partial charge on any atom is -0.454 e. The van der Waals surface area contributed by atoms with E-state index in [0.717, 1.165) is 5.56 Å². The zero-order chi connectivity index (χ0) is 21.8. The van der Waals surface area contributed by atoms with Crippen molar-refractivity contribution in [3.05, 3.63) is 41.6 Å². The molecule has 0 aliphatic heterocycles. The summed E-state index contributed by atoms with van der Waals surface area (Å²) >= 11 is 0. The van der Waals surface area contributed by atoms with Crippen LogP contribution in [0.2, 0.25) is 0 Å². The fourth-order valence-corrected chi connectivity index (χ4v) is 3.38. The highest BCUT2D eigenvalue weighted by Gasteiger charge is 2.24. The average Bonchev–Trinajstić information content (AvgIpc) is 3.08. The number of carbonyl (C=O) groups is 2. The highest BCUT2D eigenvalue weighted by Crippen LogP contribution is 2.23. The number of carbonyl (C=O) groups excluding carboxylic acids is 2. The van der Waals surface area contributed by atoms with Gasteiger partial charge in [0.2, 0.25) is 15.9 Å². The number of sulfonamides is 1. The van der Waals surface area contributed by atoms with Crippen LogP contribution in [0.1, 0.15) is 39.0 Å². The van der Waals surface area contributed by atoms with E-state index in [1.165, 1.54) is 19.1 Å². The number of aromatic nitrogens is 1. The molecule has 0 saturated heterocycles. The molecular weight excluding hydrogens is 398 g/mol. The first-order valence-corrected chi connectivity index (χ1v) is 10.4. The van der Waals surface area contributed by atoms with Crippen LogP contribution in [-0.2, 0) is 29.8 Å². The second-order valence-electron chi connectivity index (χ2n) is 7.64. The number of nitrogens with one attached hydrogen (secondary N) is 2. The van der Waals surface area contributed by atoms with Gasteiger partial charge in [-0.1, -0.05) is 43.6 Å². The van der Waals surface area contributed by atoms with Crippen LogP contribution < -0.4 is 10.0 Å². The molecule has 0 spiro atoms. The normalized spacial score (nSPS) is 13.0. The van der Waals surface area contributed by atoms with Crippen molar-refractivity contribution < 1.29 is 27.3 Å². The molecule has 1 aromatic carbocycles. The molecule has 29 heavy (non-hydrogen) atoms. The zero-order valence-corrected chi connectivity index (χ0v) is 17.8. The van der Waals surface area contributed by atoms with Gasteiger partial charge in [0.25, 0.3) is 5.91 Å². The SMILES string of the molecule is Cc1ccc(S(=O)(=O)N[C@@H](C)C(=O)OCC(=O)Nc2cc(C(C)(C)C)no2)cc1. The van der Waals surface area contributed by atoms with Gasteiger partial charge in [-0.2, -0.15) is 4.72 Å². The van der Waals surface area contributed by atoms with Crippen LogP contribution in [0.3, 0.4) is 0 Å². The Hall–Kier alpha value is -2.72. The van der Waals surface area contributed by atoms with Gasteiger partial charge in [-0.05, 0) is 26.0 Å². The molecule has 2 aromatic rings. The number of amides is 1. The van der Waals surface area contributed by atoms with E-state index < -0.39 is 34.5 Å². The van der Waals surface area contributed by atoms with E-state index in [1.807, 2.05) is 27.7 Å². The fraction of sp³-hybridized carbons (Fsp3) is 0.421. The molecule has 1 heterocycles. The van der Waals surface area contributed by atoms with Crippen LogP contribution in [0.5, 0.6) is 0 Å². The molecule has 0 bridgehead atoms. The summed E-state index contributed by atoms with van der Waals surface area (Å²) in [6, 6.07) is 6.58. The summed E-state index contributed by atoms with van der Waals surface area (Å²) in [6.45, 7) is 8.39. The number of esters is 1. The van der Waals surface area contributed by atoms with E-state index in [-0.39, 0.29) is 16.2 Å². The van der Waals surface area contributed by atoms with E-state index >= 15 is 0 Å². The second kappa shape index (κ2) is 8.75. The minimum absolute atomic E-state index is 0.0282. The van der Waals surface area contributed by atoms with Gasteiger partial charge in [-0.15, -0.1) is 0 Å². The monoisotopic (exact) mass is 423 g/mol.